The molecule has 2 aromatic carbocycles. The molecule has 0 heterocycles. The lowest BCUT2D eigenvalue weighted by atomic mass is 9.95. The normalized spacial score (nSPS) is 12.4. The van der Waals surface area contributed by atoms with Crippen molar-refractivity contribution in [1.29, 1.82) is 0 Å². The Labute approximate surface area is 183 Å². The number of aryl methyl sites for hydroxylation is 1. The van der Waals surface area contributed by atoms with E-state index in [0.29, 0.717) is 18.6 Å². The fourth-order valence-corrected chi connectivity index (χ4v) is 3.02. The Hall–Kier alpha value is -2.89. The van der Waals surface area contributed by atoms with Gasteiger partial charge in [-0.2, -0.15) is 0 Å². The summed E-state index contributed by atoms with van der Waals surface area (Å²) in [6.07, 6.45) is 0.282. The van der Waals surface area contributed by atoms with Gasteiger partial charge in [0.05, 0.1) is 6.04 Å². The summed E-state index contributed by atoms with van der Waals surface area (Å²) in [6.45, 7) is 9.41. The number of hydrogen-bond donors (Lipinski definition) is 1. The molecule has 1 N–H and O–H groups in total. The number of nitrogens with one attached hydrogen (secondary N) is 1. The fraction of sp³-hybridized carbons (Fsp3) is 0.440. The number of halogens is 1. The molecule has 5 nitrogen and oxygen atoms in total. The number of carbonyl (C=O) groups excluding carboxylic acids is 2. The molecule has 0 aliphatic carbocycles. The van der Waals surface area contributed by atoms with Gasteiger partial charge in [0.1, 0.15) is 23.8 Å². The van der Waals surface area contributed by atoms with Crippen LogP contribution in [-0.2, 0) is 22.6 Å². The zero-order valence-electron chi connectivity index (χ0n) is 18.9. The van der Waals surface area contributed by atoms with E-state index in [1.54, 1.807) is 32.9 Å². The van der Waals surface area contributed by atoms with E-state index in [1.165, 1.54) is 12.1 Å². The summed E-state index contributed by atoms with van der Waals surface area (Å²) in [6, 6.07) is 13.2. The molecule has 0 aliphatic heterocycles. The minimum absolute atomic E-state index is 0.0349. The Morgan fingerprint density at radius 2 is 1.71 bits per heavy atom. The summed E-state index contributed by atoms with van der Waals surface area (Å²) in [4.78, 5) is 24.7. The van der Waals surface area contributed by atoms with Gasteiger partial charge in [0.2, 0.25) is 0 Å². The first-order chi connectivity index (χ1) is 14.5. The second kappa shape index (κ2) is 10.9. The van der Waals surface area contributed by atoms with Crippen LogP contribution >= 0.6 is 0 Å². The summed E-state index contributed by atoms with van der Waals surface area (Å²) < 4.78 is 24.2. The van der Waals surface area contributed by atoms with Crippen molar-refractivity contribution in [2.75, 3.05) is 0 Å². The molecular weight excluding hydrogens is 397 g/mol. The van der Waals surface area contributed by atoms with E-state index in [-0.39, 0.29) is 24.1 Å². The van der Waals surface area contributed by atoms with Crippen LogP contribution in [0.4, 0.5) is 9.18 Å². The highest BCUT2D eigenvalue weighted by atomic mass is 19.1. The van der Waals surface area contributed by atoms with Crippen molar-refractivity contribution in [2.45, 2.75) is 65.7 Å². The number of rotatable bonds is 9. The molecule has 0 spiro atoms. The van der Waals surface area contributed by atoms with E-state index < -0.39 is 17.7 Å². The summed E-state index contributed by atoms with van der Waals surface area (Å²) in [5.41, 5.74) is 1.13. The summed E-state index contributed by atoms with van der Waals surface area (Å²) in [7, 11) is 0. The fourth-order valence-electron chi connectivity index (χ4n) is 3.02. The molecule has 0 unspecified atom stereocenters. The average molecular weight is 430 g/mol. The van der Waals surface area contributed by atoms with Crippen LogP contribution in [0.5, 0.6) is 5.75 Å². The smallest absolute Gasteiger partial charge is 0.408 e. The summed E-state index contributed by atoms with van der Waals surface area (Å²) >= 11 is 0. The molecule has 0 bridgehead atoms. The molecule has 2 aromatic rings. The Balaban J connectivity index is 1.86. The van der Waals surface area contributed by atoms with Crippen molar-refractivity contribution in [3.63, 3.8) is 0 Å². The topological polar surface area (TPSA) is 64.6 Å². The number of benzene rings is 2. The Morgan fingerprint density at radius 1 is 1.03 bits per heavy atom. The van der Waals surface area contributed by atoms with Crippen LogP contribution in [0.3, 0.4) is 0 Å². The van der Waals surface area contributed by atoms with E-state index >= 15 is 0 Å². The largest absolute Gasteiger partial charge is 0.489 e. The highest BCUT2D eigenvalue weighted by Crippen LogP contribution is 2.17. The highest BCUT2D eigenvalue weighted by Gasteiger charge is 2.26. The van der Waals surface area contributed by atoms with E-state index in [9.17, 15) is 14.0 Å². The van der Waals surface area contributed by atoms with Crippen molar-refractivity contribution in [3.8, 4) is 5.75 Å². The number of alkyl carbamates (subject to hydrolysis) is 1. The molecule has 0 fully saturated rings. The van der Waals surface area contributed by atoms with E-state index in [1.807, 2.05) is 38.1 Å². The minimum Gasteiger partial charge on any atom is -0.489 e. The molecular formula is C25H32FNO4. The molecule has 0 saturated heterocycles. The van der Waals surface area contributed by atoms with Crippen LogP contribution in [0.25, 0.3) is 0 Å². The van der Waals surface area contributed by atoms with Crippen LogP contribution in [0.15, 0.2) is 48.5 Å². The number of Topliss-reactive ketones (excluding diaryl/α,β-unsaturated/α-hetero) is 1. The van der Waals surface area contributed by atoms with Crippen molar-refractivity contribution >= 4 is 11.9 Å². The van der Waals surface area contributed by atoms with E-state index in [2.05, 4.69) is 5.32 Å². The maximum absolute atomic E-state index is 13.2. The molecule has 0 radical (unpaired) electrons. The summed E-state index contributed by atoms with van der Waals surface area (Å²) in [5.74, 6) is 0.305. The first-order valence-electron chi connectivity index (χ1n) is 10.5. The lowest BCUT2D eigenvalue weighted by molar-refractivity contribution is -0.122. The average Bonchev–Trinajstić information content (AvgIpc) is 2.68. The van der Waals surface area contributed by atoms with Crippen LogP contribution in [0.2, 0.25) is 0 Å². The number of hydrogen-bond acceptors (Lipinski definition) is 4. The third-order valence-electron chi connectivity index (χ3n) is 4.56. The van der Waals surface area contributed by atoms with Crippen LogP contribution in [0, 0.1) is 11.7 Å². The molecule has 168 valence electrons. The third kappa shape index (κ3) is 8.79. The molecule has 6 heteroatoms. The van der Waals surface area contributed by atoms with E-state index in [0.717, 1.165) is 11.1 Å². The van der Waals surface area contributed by atoms with Gasteiger partial charge in [-0.3, -0.25) is 4.79 Å². The zero-order valence-corrected chi connectivity index (χ0v) is 18.9. The monoisotopic (exact) mass is 429 g/mol. The maximum Gasteiger partial charge on any atom is 0.408 e. The molecule has 2 rings (SSSR count). The van der Waals surface area contributed by atoms with Gasteiger partial charge in [0.25, 0.3) is 0 Å². The predicted octanol–water partition coefficient (Wildman–Crippen LogP) is 5.46. The lowest BCUT2D eigenvalue weighted by Gasteiger charge is -2.25. The molecule has 1 atom stereocenters. The first kappa shape index (κ1) is 24.4. The van der Waals surface area contributed by atoms with Gasteiger partial charge >= 0.3 is 6.09 Å². The van der Waals surface area contributed by atoms with Crippen molar-refractivity contribution in [3.05, 3.63) is 65.5 Å². The van der Waals surface area contributed by atoms with Crippen molar-refractivity contribution < 1.29 is 23.5 Å². The molecule has 0 aromatic heterocycles. The standard InChI is InChI=1S/C25H32FNO4/c1-17(2)23(27-24(29)31-25(3,4)5)22(28)14-11-18-9-12-21(13-10-18)30-16-19-7-6-8-20(26)15-19/h6-10,12-13,15,17,23H,11,14,16H2,1-5H3,(H,27,29)/t23-/m1/s1. The summed E-state index contributed by atoms with van der Waals surface area (Å²) in [5, 5.41) is 2.70. The van der Waals surface area contributed by atoms with Crippen LogP contribution in [-0.4, -0.2) is 23.5 Å². The van der Waals surface area contributed by atoms with Gasteiger partial charge in [-0.25, -0.2) is 9.18 Å². The second-order valence-electron chi connectivity index (χ2n) is 8.90. The Bertz CT molecular complexity index is 872. The van der Waals surface area contributed by atoms with Crippen molar-refractivity contribution in [2.24, 2.45) is 5.92 Å². The Kier molecular flexibility index (Phi) is 8.60. The van der Waals surface area contributed by atoms with Gasteiger partial charge in [-0.15, -0.1) is 0 Å². The minimum atomic E-state index is -0.618. The quantitative estimate of drug-likeness (QED) is 0.575. The lowest BCUT2D eigenvalue weighted by Crippen LogP contribution is -2.46. The van der Waals surface area contributed by atoms with Gasteiger partial charge in [0.15, 0.2) is 5.78 Å². The Morgan fingerprint density at radius 3 is 2.29 bits per heavy atom. The van der Waals surface area contributed by atoms with Crippen LogP contribution < -0.4 is 10.1 Å². The number of amides is 1. The third-order valence-corrected chi connectivity index (χ3v) is 4.56. The second-order valence-corrected chi connectivity index (χ2v) is 8.90. The zero-order chi connectivity index (χ0) is 23.0. The molecule has 31 heavy (non-hydrogen) atoms. The molecule has 1 amide bonds. The van der Waals surface area contributed by atoms with Gasteiger partial charge < -0.3 is 14.8 Å². The van der Waals surface area contributed by atoms with Gasteiger partial charge in [0, 0.05) is 6.42 Å². The SMILES string of the molecule is CC(C)[C@@H](NC(=O)OC(C)(C)C)C(=O)CCc1ccc(OCc2cccc(F)c2)cc1. The van der Waals surface area contributed by atoms with Crippen LogP contribution in [0.1, 0.15) is 52.2 Å². The van der Waals surface area contributed by atoms with Crippen molar-refractivity contribution in [1.82, 2.24) is 5.32 Å². The number of carbonyl (C=O) groups is 2. The number of ketones is 1. The highest BCUT2D eigenvalue weighted by molar-refractivity contribution is 5.87. The van der Waals surface area contributed by atoms with Gasteiger partial charge in [-0.1, -0.05) is 38.1 Å². The van der Waals surface area contributed by atoms with E-state index in [4.69, 9.17) is 9.47 Å². The number of ether oxygens (including phenoxy) is 2. The molecule has 0 saturated carbocycles. The maximum atomic E-state index is 13.2. The van der Waals surface area contributed by atoms with Gasteiger partial charge in [-0.05, 0) is 68.5 Å². The predicted molar refractivity (Wildman–Crippen MR) is 118 cm³/mol. The first-order valence-corrected chi connectivity index (χ1v) is 10.5. The molecule has 0 aliphatic rings.